The molecule has 3 aromatic rings. The fraction of sp³-hybridized carbons (Fsp3) is 0.360. The standard InChI is InChI=1S/C25H27NO6/c1-3-5-14-31-19-11-10-16(15-20(19)30-4-2)22-21-23(28)17-8-6-7-9-18(17)32-24(21)25(29)26(22)12-13-27/h6-11,15,22,27H,3-5,12-14H2,1-2H3. The fourth-order valence-corrected chi connectivity index (χ4v) is 4.06. The second-order valence-electron chi connectivity index (χ2n) is 7.64. The van der Waals surface area contributed by atoms with Crippen LogP contribution >= 0.6 is 0 Å². The molecule has 7 nitrogen and oxygen atoms in total. The largest absolute Gasteiger partial charge is 0.490 e. The van der Waals surface area contributed by atoms with E-state index in [-0.39, 0.29) is 29.9 Å². The van der Waals surface area contributed by atoms with E-state index >= 15 is 0 Å². The molecule has 1 aliphatic rings. The third-order valence-electron chi connectivity index (χ3n) is 5.55. The number of rotatable bonds is 9. The van der Waals surface area contributed by atoms with Crippen LogP contribution in [0.25, 0.3) is 11.0 Å². The van der Waals surface area contributed by atoms with Gasteiger partial charge in [-0.1, -0.05) is 31.5 Å². The highest BCUT2D eigenvalue weighted by Crippen LogP contribution is 2.40. The van der Waals surface area contributed by atoms with Gasteiger partial charge in [-0.15, -0.1) is 0 Å². The van der Waals surface area contributed by atoms with Gasteiger partial charge in [0.1, 0.15) is 5.58 Å². The molecule has 1 atom stereocenters. The molecule has 1 unspecified atom stereocenters. The summed E-state index contributed by atoms with van der Waals surface area (Å²) in [7, 11) is 0. The van der Waals surface area contributed by atoms with Crippen molar-refractivity contribution in [3.05, 3.63) is 69.6 Å². The van der Waals surface area contributed by atoms with Gasteiger partial charge in [-0.3, -0.25) is 9.59 Å². The van der Waals surface area contributed by atoms with Gasteiger partial charge in [0.05, 0.1) is 36.8 Å². The predicted octanol–water partition coefficient (Wildman–Crippen LogP) is 3.91. The lowest BCUT2D eigenvalue weighted by atomic mass is 9.98. The van der Waals surface area contributed by atoms with Crippen LogP contribution in [-0.4, -0.2) is 42.3 Å². The number of carbonyl (C=O) groups excluding carboxylic acids is 1. The summed E-state index contributed by atoms with van der Waals surface area (Å²) in [5.41, 5.74) is 1.09. The Morgan fingerprint density at radius 2 is 1.88 bits per heavy atom. The molecule has 2 aromatic carbocycles. The van der Waals surface area contributed by atoms with Crippen LogP contribution in [-0.2, 0) is 0 Å². The number of para-hydroxylation sites is 1. The maximum atomic E-state index is 13.4. The number of aliphatic hydroxyl groups excluding tert-OH is 1. The van der Waals surface area contributed by atoms with Crippen molar-refractivity contribution >= 4 is 16.9 Å². The first-order chi connectivity index (χ1) is 15.6. The van der Waals surface area contributed by atoms with Crippen molar-refractivity contribution in [2.45, 2.75) is 32.7 Å². The quantitative estimate of drug-likeness (QED) is 0.511. The van der Waals surface area contributed by atoms with E-state index in [1.54, 1.807) is 36.4 Å². The van der Waals surface area contributed by atoms with Crippen molar-refractivity contribution in [2.75, 3.05) is 26.4 Å². The van der Waals surface area contributed by atoms with E-state index in [9.17, 15) is 14.7 Å². The average molecular weight is 437 g/mol. The Morgan fingerprint density at radius 1 is 1.06 bits per heavy atom. The number of hydrogen-bond donors (Lipinski definition) is 1. The van der Waals surface area contributed by atoms with Crippen LogP contribution < -0.4 is 14.9 Å². The molecule has 168 valence electrons. The number of amides is 1. The molecule has 0 saturated carbocycles. The van der Waals surface area contributed by atoms with E-state index in [4.69, 9.17) is 13.9 Å². The highest BCUT2D eigenvalue weighted by atomic mass is 16.5. The van der Waals surface area contributed by atoms with Gasteiger partial charge in [0.25, 0.3) is 5.91 Å². The van der Waals surface area contributed by atoms with Crippen LogP contribution in [0.3, 0.4) is 0 Å². The molecule has 4 rings (SSSR count). The fourth-order valence-electron chi connectivity index (χ4n) is 4.06. The number of benzene rings is 2. The summed E-state index contributed by atoms with van der Waals surface area (Å²) in [5, 5.41) is 10.0. The Kier molecular flexibility index (Phi) is 6.46. The third-order valence-corrected chi connectivity index (χ3v) is 5.55. The summed E-state index contributed by atoms with van der Waals surface area (Å²) in [6.07, 6.45) is 1.94. The highest BCUT2D eigenvalue weighted by Gasteiger charge is 2.42. The lowest BCUT2D eigenvalue weighted by Gasteiger charge is -2.25. The summed E-state index contributed by atoms with van der Waals surface area (Å²) in [6, 6.07) is 11.6. The van der Waals surface area contributed by atoms with Crippen LogP contribution in [0.15, 0.2) is 51.7 Å². The van der Waals surface area contributed by atoms with E-state index < -0.39 is 11.9 Å². The molecule has 0 aliphatic carbocycles. The molecule has 0 spiro atoms. The maximum absolute atomic E-state index is 13.4. The van der Waals surface area contributed by atoms with Crippen molar-refractivity contribution in [1.29, 1.82) is 0 Å². The zero-order chi connectivity index (χ0) is 22.7. The molecular weight excluding hydrogens is 410 g/mol. The lowest BCUT2D eigenvalue weighted by molar-refractivity contribution is 0.0691. The predicted molar refractivity (Wildman–Crippen MR) is 120 cm³/mol. The van der Waals surface area contributed by atoms with Gasteiger partial charge in [0.15, 0.2) is 16.9 Å². The van der Waals surface area contributed by atoms with Crippen LogP contribution in [0.1, 0.15) is 54.4 Å². The van der Waals surface area contributed by atoms with Crippen LogP contribution in [0.5, 0.6) is 11.5 Å². The normalized spacial score (nSPS) is 15.3. The SMILES string of the molecule is CCCCOc1ccc(C2c3c(oc4ccccc4c3=O)C(=O)N2CCO)cc1OCC. The summed E-state index contributed by atoms with van der Waals surface area (Å²) < 4.78 is 17.5. The number of β-amino-alcohol motifs (C(OH)–C–C–N with tert-alkyl or cyclic N) is 1. The van der Waals surface area contributed by atoms with Crippen molar-refractivity contribution < 1.29 is 23.8 Å². The summed E-state index contributed by atoms with van der Waals surface area (Å²) in [4.78, 5) is 28.0. The smallest absolute Gasteiger partial charge is 0.290 e. The Balaban J connectivity index is 1.85. The van der Waals surface area contributed by atoms with Gasteiger partial charge in [0, 0.05) is 6.54 Å². The van der Waals surface area contributed by atoms with Gasteiger partial charge in [-0.25, -0.2) is 0 Å². The van der Waals surface area contributed by atoms with Crippen molar-refractivity contribution in [3.8, 4) is 11.5 Å². The average Bonchev–Trinajstić information content (AvgIpc) is 3.07. The second kappa shape index (κ2) is 9.44. The first kappa shape index (κ1) is 21.9. The lowest BCUT2D eigenvalue weighted by Crippen LogP contribution is -2.32. The number of nitrogens with zero attached hydrogens (tertiary/aromatic N) is 1. The zero-order valence-electron chi connectivity index (χ0n) is 18.3. The first-order valence-corrected chi connectivity index (χ1v) is 11.0. The molecule has 32 heavy (non-hydrogen) atoms. The number of carbonyl (C=O) groups is 1. The van der Waals surface area contributed by atoms with E-state index in [2.05, 4.69) is 6.92 Å². The number of unbranched alkanes of at least 4 members (excludes halogenated alkanes) is 1. The summed E-state index contributed by atoms with van der Waals surface area (Å²) in [6.45, 7) is 4.83. The van der Waals surface area contributed by atoms with Crippen LogP contribution in [0.4, 0.5) is 0 Å². The Labute approximate surface area is 186 Å². The Hall–Kier alpha value is -3.32. The molecule has 0 radical (unpaired) electrons. The molecule has 7 heteroatoms. The molecule has 1 aromatic heterocycles. The van der Waals surface area contributed by atoms with Gasteiger partial charge < -0.3 is 23.9 Å². The molecule has 1 aliphatic heterocycles. The topological polar surface area (TPSA) is 89.2 Å². The third kappa shape index (κ3) is 3.84. The Morgan fingerprint density at radius 3 is 2.62 bits per heavy atom. The van der Waals surface area contributed by atoms with Crippen molar-refractivity contribution in [3.63, 3.8) is 0 Å². The van der Waals surface area contributed by atoms with Crippen molar-refractivity contribution in [2.24, 2.45) is 0 Å². The van der Waals surface area contributed by atoms with Gasteiger partial charge in [0.2, 0.25) is 5.76 Å². The molecule has 0 fully saturated rings. The van der Waals surface area contributed by atoms with E-state index in [0.29, 0.717) is 41.2 Å². The molecule has 1 N–H and O–H groups in total. The molecule has 2 heterocycles. The number of hydrogen-bond acceptors (Lipinski definition) is 6. The van der Waals surface area contributed by atoms with E-state index in [0.717, 1.165) is 12.8 Å². The summed E-state index contributed by atoms with van der Waals surface area (Å²) >= 11 is 0. The minimum atomic E-state index is -0.686. The Bertz CT molecular complexity index is 1180. The maximum Gasteiger partial charge on any atom is 0.290 e. The number of fused-ring (bicyclic) bond motifs is 2. The monoisotopic (exact) mass is 437 g/mol. The van der Waals surface area contributed by atoms with Gasteiger partial charge in [-0.2, -0.15) is 0 Å². The molecule has 0 bridgehead atoms. The second-order valence-corrected chi connectivity index (χ2v) is 7.64. The van der Waals surface area contributed by atoms with Gasteiger partial charge >= 0.3 is 0 Å². The van der Waals surface area contributed by atoms with Crippen LogP contribution in [0.2, 0.25) is 0 Å². The van der Waals surface area contributed by atoms with E-state index in [1.807, 2.05) is 13.0 Å². The summed E-state index contributed by atoms with van der Waals surface area (Å²) in [5.74, 6) is 0.778. The van der Waals surface area contributed by atoms with Gasteiger partial charge in [-0.05, 0) is 43.2 Å². The molecule has 1 amide bonds. The minimum Gasteiger partial charge on any atom is -0.490 e. The van der Waals surface area contributed by atoms with Crippen LogP contribution in [0, 0.1) is 0 Å². The minimum absolute atomic E-state index is 0.0217. The van der Waals surface area contributed by atoms with E-state index in [1.165, 1.54) is 4.90 Å². The number of ether oxygens (including phenoxy) is 2. The molecular formula is C25H27NO6. The molecule has 0 saturated heterocycles. The van der Waals surface area contributed by atoms with Crippen molar-refractivity contribution in [1.82, 2.24) is 4.90 Å². The highest BCUT2D eigenvalue weighted by molar-refractivity contribution is 5.99. The number of aliphatic hydroxyl groups is 1. The zero-order valence-corrected chi connectivity index (χ0v) is 18.3. The first-order valence-electron chi connectivity index (χ1n) is 11.0.